The fraction of sp³-hybridized carbons (Fsp3) is 0.477. The van der Waals surface area contributed by atoms with Gasteiger partial charge in [0.25, 0.3) is 0 Å². The third kappa shape index (κ3) is 6.41. The van der Waals surface area contributed by atoms with Gasteiger partial charge in [-0.05, 0) is 184 Å². The van der Waals surface area contributed by atoms with Gasteiger partial charge < -0.3 is 24.6 Å². The van der Waals surface area contributed by atoms with E-state index in [1.54, 1.807) is 50.4 Å². The number of rotatable bonds is 5. The molecule has 0 radical (unpaired) electrons. The summed E-state index contributed by atoms with van der Waals surface area (Å²) in [5.41, 5.74) is 24.4. The summed E-state index contributed by atoms with van der Waals surface area (Å²) in [5.74, 6) is 4.25. The molecule has 71 heavy (non-hydrogen) atoms. The number of allylic oxidation sites excluding steroid dienone is 12. The first-order chi connectivity index (χ1) is 35.2. The van der Waals surface area contributed by atoms with Crippen LogP contribution >= 0.6 is 0 Å². The first kappa shape index (κ1) is 41.9. The van der Waals surface area contributed by atoms with Crippen molar-refractivity contribution >= 4 is 22.9 Å². The van der Waals surface area contributed by atoms with Gasteiger partial charge in [0.1, 0.15) is 0 Å². The van der Waals surface area contributed by atoms with Gasteiger partial charge in [0.15, 0.2) is 5.96 Å². The molecule has 1 fully saturated rings. The molecule has 1 N–H and O–H groups in total. The standard InChI is InChI=1S/C65H70N6/c1-3-15-43(16-4-1)68-57-23-11-7-19-46(57)52-33-40(27-30-61(52)68)41-28-31-63-53(34-41)47-20-9-13-25-59(47)70(63)45-38-66-65(67-39-45)71-60-26-14-10-22-49(60)55-36-50(51-37-56(51)64(55)71)42-29-32-62-54(35-42)48-21-8-12-24-58(48)69(62)44-17-5-2-6-18-44/h3,5,9-15,17,22-24,27,29,31-32,35,43-45,47,50-52,56,59-61H,1-2,4,6-8,16,18-21,25-26,30,33-34,36-39H2,(H,66,67)/t43?,44?,47?,50?,51?,52?,56?,59?,60-,61?/m1/s1. The molecule has 1 saturated carbocycles. The van der Waals surface area contributed by atoms with E-state index in [0.717, 1.165) is 70.4 Å². The summed E-state index contributed by atoms with van der Waals surface area (Å²) in [6.07, 6.45) is 58.4. The highest BCUT2D eigenvalue weighted by atomic mass is 15.4. The molecule has 0 spiro atoms. The maximum Gasteiger partial charge on any atom is 0.199 e. The van der Waals surface area contributed by atoms with E-state index in [0.29, 0.717) is 65.8 Å². The Morgan fingerprint density at radius 2 is 1.61 bits per heavy atom. The van der Waals surface area contributed by atoms with E-state index in [4.69, 9.17) is 4.99 Å². The molecule has 0 amide bonds. The van der Waals surface area contributed by atoms with E-state index in [1.165, 1.54) is 92.1 Å². The van der Waals surface area contributed by atoms with Crippen LogP contribution in [0, 0.1) is 23.7 Å². The van der Waals surface area contributed by atoms with Gasteiger partial charge in [0, 0.05) is 94.2 Å². The van der Waals surface area contributed by atoms with Gasteiger partial charge in [-0.25, -0.2) is 0 Å². The summed E-state index contributed by atoms with van der Waals surface area (Å²) < 4.78 is 2.69. The molecule has 16 rings (SSSR count). The fourth-order valence-corrected chi connectivity index (χ4v) is 17.2. The van der Waals surface area contributed by atoms with E-state index in [-0.39, 0.29) is 0 Å². The van der Waals surface area contributed by atoms with Gasteiger partial charge in [-0.1, -0.05) is 79.0 Å². The van der Waals surface area contributed by atoms with E-state index in [9.17, 15) is 0 Å². The number of nitrogens with one attached hydrogen (secondary N) is 1. The van der Waals surface area contributed by atoms with Gasteiger partial charge in [0.2, 0.25) is 0 Å². The second kappa shape index (κ2) is 16.4. The van der Waals surface area contributed by atoms with E-state index >= 15 is 0 Å². The lowest BCUT2D eigenvalue weighted by Gasteiger charge is -2.42. The normalized spacial score (nSPS) is 35.9. The highest BCUT2D eigenvalue weighted by Gasteiger charge is 2.57. The lowest BCUT2D eigenvalue weighted by Crippen LogP contribution is -2.56. The van der Waals surface area contributed by atoms with Crippen molar-refractivity contribution in [1.82, 2.24) is 24.6 Å². The third-order valence-corrected chi connectivity index (χ3v) is 20.4. The molecule has 5 heterocycles. The number of aliphatic imine (C=N–C) groups is 1. The highest BCUT2D eigenvalue weighted by molar-refractivity contribution is 5.90. The van der Waals surface area contributed by atoms with Gasteiger partial charge in [-0.3, -0.25) is 4.99 Å². The SMILES string of the molecule is C1=CC2=C(CC=1C1=CCC3C(C1)C1=C(C=CCC1)N3C1C=CCCC1)C1CC=CCC1N2C1CN=C(N2C3=C(CC(c4ccc5c(c4)c4c(n5C5C=CCCC5)C=CCC4)C4CC34)C3=CC=CC[C@H]32)NC1. The summed E-state index contributed by atoms with van der Waals surface area (Å²) in [5, 5.41) is 5.59. The molecule has 10 unspecified atom stereocenters. The molecular formula is C65H70N6. The first-order valence-corrected chi connectivity index (χ1v) is 28.6. The van der Waals surface area contributed by atoms with Crippen LogP contribution in [0.2, 0.25) is 0 Å². The van der Waals surface area contributed by atoms with Crippen molar-refractivity contribution in [2.45, 2.75) is 158 Å². The molecule has 6 heteroatoms. The lowest BCUT2D eigenvalue weighted by molar-refractivity contribution is 0.174. The Morgan fingerprint density at radius 3 is 2.49 bits per heavy atom. The minimum Gasteiger partial charge on any atom is -0.361 e. The Kier molecular flexibility index (Phi) is 9.67. The number of fused-ring (bicyclic) bond motifs is 11. The molecule has 2 aromatic rings. The average Bonchev–Trinajstić information content (AvgIpc) is 3.77. The average molecular weight is 935 g/mol. The van der Waals surface area contributed by atoms with Crippen LogP contribution in [-0.2, 0) is 6.42 Å². The number of nitrogens with zero attached hydrogens (tertiary/aromatic N) is 5. The monoisotopic (exact) mass is 935 g/mol. The van der Waals surface area contributed by atoms with Crippen LogP contribution in [0.15, 0.2) is 165 Å². The molecule has 1 aromatic carbocycles. The van der Waals surface area contributed by atoms with Crippen LogP contribution in [0.5, 0.6) is 0 Å². The van der Waals surface area contributed by atoms with Crippen molar-refractivity contribution in [1.29, 1.82) is 0 Å². The minimum absolute atomic E-state index is 0.337. The number of hydrogen-bond acceptors (Lipinski definition) is 5. The van der Waals surface area contributed by atoms with Gasteiger partial charge in [0.05, 0.1) is 24.7 Å². The van der Waals surface area contributed by atoms with Crippen molar-refractivity contribution < 1.29 is 0 Å². The first-order valence-electron chi connectivity index (χ1n) is 28.6. The molecule has 4 aliphatic heterocycles. The number of hydrogen-bond donors (Lipinski definition) is 1. The molecule has 10 aliphatic carbocycles. The van der Waals surface area contributed by atoms with Crippen molar-refractivity contribution in [2.24, 2.45) is 28.7 Å². The van der Waals surface area contributed by atoms with E-state index in [2.05, 4.69) is 140 Å². The van der Waals surface area contributed by atoms with Crippen LogP contribution in [0.4, 0.5) is 0 Å². The summed E-state index contributed by atoms with van der Waals surface area (Å²) in [7, 11) is 0. The molecule has 14 aliphatic rings. The zero-order valence-corrected chi connectivity index (χ0v) is 41.6. The molecule has 11 atom stereocenters. The largest absolute Gasteiger partial charge is 0.361 e. The predicted octanol–water partition coefficient (Wildman–Crippen LogP) is 13.3. The number of guanidine groups is 1. The van der Waals surface area contributed by atoms with Crippen molar-refractivity contribution in [3.8, 4) is 0 Å². The van der Waals surface area contributed by atoms with Crippen LogP contribution in [0.25, 0.3) is 17.0 Å². The third-order valence-electron chi connectivity index (χ3n) is 20.4. The Labute approximate surface area is 421 Å². The van der Waals surface area contributed by atoms with Crippen LogP contribution in [0.3, 0.4) is 0 Å². The van der Waals surface area contributed by atoms with Gasteiger partial charge in [-0.15, -0.1) is 5.73 Å². The van der Waals surface area contributed by atoms with E-state index in [1.807, 2.05) is 0 Å². The van der Waals surface area contributed by atoms with Crippen LogP contribution in [0.1, 0.15) is 138 Å². The minimum atomic E-state index is 0.337. The molecular weight excluding hydrogens is 865 g/mol. The smallest absolute Gasteiger partial charge is 0.199 e. The summed E-state index contributed by atoms with van der Waals surface area (Å²) >= 11 is 0. The van der Waals surface area contributed by atoms with Crippen LogP contribution < -0.4 is 5.32 Å². The highest BCUT2D eigenvalue weighted by Crippen LogP contribution is 2.64. The quantitative estimate of drug-likeness (QED) is 0.240. The molecule has 360 valence electrons. The van der Waals surface area contributed by atoms with Crippen molar-refractivity contribution in [3.63, 3.8) is 0 Å². The summed E-state index contributed by atoms with van der Waals surface area (Å²) in [4.78, 5) is 14.0. The molecule has 0 bridgehead atoms. The molecule has 0 saturated heterocycles. The predicted molar refractivity (Wildman–Crippen MR) is 288 cm³/mol. The number of benzene rings is 1. The van der Waals surface area contributed by atoms with Gasteiger partial charge in [-0.2, -0.15) is 0 Å². The second-order valence-electron chi connectivity index (χ2n) is 23.8. The Balaban J connectivity index is 0.670. The van der Waals surface area contributed by atoms with E-state index < -0.39 is 0 Å². The van der Waals surface area contributed by atoms with Crippen molar-refractivity contribution in [2.75, 3.05) is 13.1 Å². The Hall–Kier alpha value is -5.71. The summed E-state index contributed by atoms with van der Waals surface area (Å²) in [6.45, 7) is 1.78. The van der Waals surface area contributed by atoms with Gasteiger partial charge >= 0.3 is 0 Å². The Bertz CT molecular complexity index is 3120. The maximum absolute atomic E-state index is 5.62. The fourth-order valence-electron chi connectivity index (χ4n) is 17.2. The molecule has 6 nitrogen and oxygen atoms in total. The molecule has 1 aromatic heterocycles. The zero-order chi connectivity index (χ0) is 46.3. The Morgan fingerprint density at radius 1 is 0.732 bits per heavy atom. The van der Waals surface area contributed by atoms with Crippen molar-refractivity contribution in [3.05, 3.63) is 176 Å². The topological polar surface area (TPSA) is 39.0 Å². The van der Waals surface area contributed by atoms with Crippen LogP contribution in [-0.4, -0.2) is 68.5 Å². The lowest BCUT2D eigenvalue weighted by atomic mass is 9.75. The summed E-state index contributed by atoms with van der Waals surface area (Å²) in [6, 6.07) is 10.5. The number of aryl methyl sites for hydroxylation is 1. The second-order valence-corrected chi connectivity index (χ2v) is 23.8. The number of aromatic nitrogens is 1. The zero-order valence-electron chi connectivity index (χ0n) is 41.6. The maximum atomic E-state index is 5.62.